The number of rotatable bonds is 2. The van der Waals surface area contributed by atoms with Crippen molar-refractivity contribution in [3.8, 4) is 0 Å². The minimum atomic E-state index is -2.04. The van der Waals surface area contributed by atoms with Crippen LogP contribution in [0.3, 0.4) is 0 Å². The van der Waals surface area contributed by atoms with Crippen molar-refractivity contribution in [2.45, 2.75) is 89.4 Å². The Morgan fingerprint density at radius 2 is 1.33 bits per heavy atom. The number of allylic oxidation sites excluding steroid dienone is 4. The van der Waals surface area contributed by atoms with Gasteiger partial charge in [0.15, 0.2) is 22.9 Å². The van der Waals surface area contributed by atoms with E-state index in [1.807, 2.05) is 19.9 Å². The van der Waals surface area contributed by atoms with E-state index in [0.717, 1.165) is 49.7 Å². The number of fused-ring (bicyclic) bond motifs is 1. The molecule has 0 aromatic rings. The molecule has 0 radical (unpaired) electrons. The Labute approximate surface area is 178 Å². The topological polar surface area (TPSA) is 34.1 Å². The van der Waals surface area contributed by atoms with Crippen LogP contribution in [0.2, 0.25) is 0 Å². The molecule has 6 rings (SSSR count). The predicted molar refractivity (Wildman–Crippen MR) is 112 cm³/mol. The monoisotopic (exact) mass is 416 g/mol. The highest BCUT2D eigenvalue weighted by atomic mass is 19.1. The molecule has 0 aliphatic heterocycles. The molecule has 0 heterocycles. The number of hydrogen-bond acceptors (Lipinski definition) is 2. The summed E-state index contributed by atoms with van der Waals surface area (Å²) in [6.07, 6.45) is 11.9. The van der Waals surface area contributed by atoms with Crippen LogP contribution in [-0.4, -0.2) is 22.9 Å². The van der Waals surface area contributed by atoms with Crippen LogP contribution in [-0.2, 0) is 9.59 Å². The van der Waals surface area contributed by atoms with Crippen LogP contribution < -0.4 is 0 Å². The molecule has 6 atom stereocenters. The molecule has 2 bridgehead atoms. The van der Waals surface area contributed by atoms with Gasteiger partial charge in [0.25, 0.3) is 0 Å². The second kappa shape index (κ2) is 7.10. The van der Waals surface area contributed by atoms with Crippen LogP contribution >= 0.6 is 0 Å². The second-order valence-corrected chi connectivity index (χ2v) is 10.8. The van der Waals surface area contributed by atoms with E-state index in [1.54, 1.807) is 0 Å². The number of carbonyl (C=O) groups excluding carboxylic acids is 2. The average Bonchev–Trinajstić information content (AvgIpc) is 2.76. The Morgan fingerprint density at radius 3 is 1.90 bits per heavy atom. The zero-order chi connectivity index (χ0) is 21.3. The molecule has 6 aliphatic carbocycles. The number of alkyl halides is 2. The van der Waals surface area contributed by atoms with E-state index in [4.69, 9.17) is 0 Å². The van der Waals surface area contributed by atoms with Gasteiger partial charge in [-0.3, -0.25) is 9.59 Å². The number of Topliss-reactive ketones (excluding diaryl/α,β-unsaturated/α-hetero) is 1. The molecule has 0 aromatic carbocycles. The van der Waals surface area contributed by atoms with E-state index in [1.165, 1.54) is 6.08 Å². The van der Waals surface area contributed by atoms with Crippen molar-refractivity contribution in [1.82, 2.24) is 0 Å². The molecule has 2 nitrogen and oxygen atoms in total. The van der Waals surface area contributed by atoms with Crippen LogP contribution in [0.25, 0.3) is 0 Å². The zero-order valence-corrected chi connectivity index (χ0v) is 18.3. The van der Waals surface area contributed by atoms with Gasteiger partial charge in [-0.05, 0) is 45.6 Å². The third-order valence-corrected chi connectivity index (χ3v) is 9.36. The Kier molecular flexibility index (Phi) is 4.87. The second-order valence-electron chi connectivity index (χ2n) is 10.8. The number of halogens is 2. The van der Waals surface area contributed by atoms with Crippen LogP contribution in [0.4, 0.5) is 8.78 Å². The first-order valence-corrected chi connectivity index (χ1v) is 12.1. The Morgan fingerprint density at radius 1 is 0.800 bits per heavy atom. The predicted octanol–water partition coefficient (Wildman–Crippen LogP) is 6.10. The van der Waals surface area contributed by atoms with E-state index in [9.17, 15) is 9.59 Å². The Balaban J connectivity index is 1.65. The Hall–Kier alpha value is -1.32. The summed E-state index contributed by atoms with van der Waals surface area (Å²) in [5.74, 6) is -4.03. The van der Waals surface area contributed by atoms with Crippen molar-refractivity contribution in [3.63, 3.8) is 0 Å². The SMILES string of the molecule is CC1=C[C@H]2[C@@H]3[C@@H](C(C)=CC(=O)[C@@]3(F)C3CCCCC3)[C@@H]1C(=O)[C@@]2(F)C1CCCCC1. The van der Waals surface area contributed by atoms with Gasteiger partial charge in [-0.25, -0.2) is 8.78 Å². The first-order chi connectivity index (χ1) is 14.3. The normalized spacial score (nSPS) is 45.2. The summed E-state index contributed by atoms with van der Waals surface area (Å²) >= 11 is 0. The molecule has 4 heteroatoms. The molecule has 3 saturated carbocycles. The van der Waals surface area contributed by atoms with Crippen molar-refractivity contribution in [3.05, 3.63) is 23.3 Å². The molecule has 0 aromatic heterocycles. The molecular formula is C26H34F2O2. The van der Waals surface area contributed by atoms with Gasteiger partial charge in [-0.2, -0.15) is 0 Å². The highest BCUT2D eigenvalue weighted by Gasteiger charge is 2.72. The first kappa shape index (κ1) is 20.6. The molecule has 30 heavy (non-hydrogen) atoms. The lowest BCUT2D eigenvalue weighted by Gasteiger charge is -2.60. The molecule has 0 saturated heterocycles. The molecule has 3 fully saturated rings. The summed E-state index contributed by atoms with van der Waals surface area (Å²) < 4.78 is 34.0. The van der Waals surface area contributed by atoms with Gasteiger partial charge >= 0.3 is 0 Å². The fourth-order valence-electron chi connectivity index (χ4n) is 8.00. The summed E-state index contributed by atoms with van der Waals surface area (Å²) in [4.78, 5) is 26.9. The van der Waals surface area contributed by atoms with Crippen molar-refractivity contribution >= 4 is 11.6 Å². The number of hydrogen-bond donors (Lipinski definition) is 0. The van der Waals surface area contributed by atoms with Gasteiger partial charge in [-0.15, -0.1) is 0 Å². The van der Waals surface area contributed by atoms with Crippen LogP contribution in [0.5, 0.6) is 0 Å². The van der Waals surface area contributed by atoms with Crippen molar-refractivity contribution in [1.29, 1.82) is 0 Å². The van der Waals surface area contributed by atoms with Crippen LogP contribution in [0, 0.1) is 35.5 Å². The summed E-state index contributed by atoms with van der Waals surface area (Å²) in [5.41, 5.74) is -2.41. The summed E-state index contributed by atoms with van der Waals surface area (Å²) in [7, 11) is 0. The lowest BCUT2D eigenvalue weighted by molar-refractivity contribution is -0.177. The highest BCUT2D eigenvalue weighted by molar-refractivity contribution is 6.02. The fraction of sp³-hybridized carbons (Fsp3) is 0.769. The fourth-order valence-corrected chi connectivity index (χ4v) is 8.00. The maximum atomic E-state index is 17.1. The first-order valence-electron chi connectivity index (χ1n) is 12.1. The molecule has 0 spiro atoms. The van der Waals surface area contributed by atoms with Crippen LogP contribution in [0.1, 0.15) is 78.1 Å². The minimum Gasteiger partial charge on any atom is -0.295 e. The molecular weight excluding hydrogens is 382 g/mol. The van der Waals surface area contributed by atoms with Crippen molar-refractivity contribution in [2.75, 3.05) is 0 Å². The van der Waals surface area contributed by atoms with Gasteiger partial charge in [0.1, 0.15) is 0 Å². The molecule has 164 valence electrons. The maximum absolute atomic E-state index is 17.1. The van der Waals surface area contributed by atoms with E-state index in [0.29, 0.717) is 25.7 Å². The van der Waals surface area contributed by atoms with Gasteiger partial charge in [0.05, 0.1) is 0 Å². The lowest BCUT2D eigenvalue weighted by atomic mass is 9.43. The highest BCUT2D eigenvalue weighted by Crippen LogP contribution is 2.64. The molecule has 0 amide bonds. The average molecular weight is 417 g/mol. The third kappa shape index (κ3) is 2.57. The van der Waals surface area contributed by atoms with E-state index in [2.05, 4.69) is 0 Å². The van der Waals surface area contributed by atoms with E-state index < -0.39 is 34.9 Å². The summed E-state index contributed by atoms with van der Waals surface area (Å²) in [6, 6.07) is 0. The van der Waals surface area contributed by atoms with Gasteiger partial charge in [-0.1, -0.05) is 55.7 Å². The van der Waals surface area contributed by atoms with Crippen molar-refractivity contribution < 1.29 is 18.4 Å². The third-order valence-electron chi connectivity index (χ3n) is 9.36. The minimum absolute atomic E-state index is 0.325. The number of ketones is 2. The zero-order valence-electron chi connectivity index (χ0n) is 18.3. The number of carbonyl (C=O) groups is 2. The lowest BCUT2D eigenvalue weighted by Crippen LogP contribution is -2.70. The van der Waals surface area contributed by atoms with Gasteiger partial charge < -0.3 is 0 Å². The van der Waals surface area contributed by atoms with Crippen LogP contribution in [0.15, 0.2) is 23.3 Å². The molecule has 6 aliphatic rings. The summed E-state index contributed by atoms with van der Waals surface area (Å²) in [6.45, 7) is 3.74. The van der Waals surface area contributed by atoms with E-state index in [-0.39, 0.29) is 23.5 Å². The summed E-state index contributed by atoms with van der Waals surface area (Å²) in [5, 5.41) is 0. The van der Waals surface area contributed by atoms with Gasteiger partial charge in [0, 0.05) is 35.5 Å². The van der Waals surface area contributed by atoms with Crippen molar-refractivity contribution in [2.24, 2.45) is 35.5 Å². The largest absolute Gasteiger partial charge is 0.295 e. The Bertz CT molecular complexity index is 817. The standard InChI is InChI=1S/C26H34F2O2/c1-15-13-19-23-21(22(15)24(30)25(19,27)17-9-5-3-6-10-17)16(2)14-20(29)26(23,28)18-11-7-4-8-12-18/h13-14,17-19,21-23H,3-12H2,1-2H3/t19-,21-,22+,23+,25+,26-/m0/s1. The smallest absolute Gasteiger partial charge is 0.193 e. The quantitative estimate of drug-likeness (QED) is 0.510. The maximum Gasteiger partial charge on any atom is 0.193 e. The van der Waals surface area contributed by atoms with Gasteiger partial charge in [0.2, 0.25) is 0 Å². The molecule has 0 N–H and O–H groups in total. The van der Waals surface area contributed by atoms with E-state index >= 15 is 8.78 Å². The molecule has 0 unspecified atom stereocenters.